The highest BCUT2D eigenvalue weighted by atomic mass is 16.5. The van der Waals surface area contributed by atoms with Crippen LogP contribution in [0.25, 0.3) is 0 Å². The Morgan fingerprint density at radius 3 is 2.50 bits per heavy atom. The summed E-state index contributed by atoms with van der Waals surface area (Å²) >= 11 is 0. The number of hydrogen-bond donors (Lipinski definition) is 0. The van der Waals surface area contributed by atoms with Crippen molar-refractivity contribution in [2.45, 2.75) is 27.1 Å². The van der Waals surface area contributed by atoms with Crippen LogP contribution in [-0.4, -0.2) is 61.4 Å². The number of rotatable bonds is 6. The third kappa shape index (κ3) is 4.88. The van der Waals surface area contributed by atoms with E-state index in [0.717, 1.165) is 36.5 Å². The van der Waals surface area contributed by atoms with Gasteiger partial charge in [0.25, 0.3) is 5.91 Å². The van der Waals surface area contributed by atoms with E-state index < -0.39 is 0 Å². The second-order valence-corrected chi connectivity index (χ2v) is 7.93. The van der Waals surface area contributed by atoms with Crippen molar-refractivity contribution in [1.29, 1.82) is 0 Å². The first-order valence-corrected chi connectivity index (χ1v) is 10.2. The zero-order chi connectivity index (χ0) is 21.1. The number of aromatic nitrogens is 4. The van der Waals surface area contributed by atoms with Crippen LogP contribution in [0.15, 0.2) is 42.9 Å². The van der Waals surface area contributed by atoms with Gasteiger partial charge in [-0.05, 0) is 43.2 Å². The highest BCUT2D eigenvalue weighted by Crippen LogP contribution is 2.17. The molecule has 0 radical (unpaired) electrons. The van der Waals surface area contributed by atoms with Gasteiger partial charge in [0, 0.05) is 57.7 Å². The average Bonchev–Trinajstić information content (AvgIpc) is 3.35. The standard InChI is InChI=1S/C22H28N6O2/c1-17-10-18(2)12-20(11-17)30-16-28-5-4-21(24-28)22(29)27-8-6-26(7-9-27)15-19-13-23-25(3)14-19/h4-5,10-14H,6-9,15-16H2,1-3H3. The molecule has 0 spiro atoms. The fourth-order valence-electron chi connectivity index (χ4n) is 3.79. The Kier molecular flexibility index (Phi) is 5.85. The van der Waals surface area contributed by atoms with E-state index in [9.17, 15) is 4.79 Å². The number of benzene rings is 1. The van der Waals surface area contributed by atoms with E-state index in [2.05, 4.69) is 21.2 Å². The van der Waals surface area contributed by atoms with Gasteiger partial charge >= 0.3 is 0 Å². The molecule has 1 amide bonds. The molecule has 0 atom stereocenters. The SMILES string of the molecule is Cc1cc(C)cc(OCn2ccc(C(=O)N3CCN(Cc4cnn(C)c4)CC3)n2)c1. The molecule has 1 aliphatic heterocycles. The van der Waals surface area contributed by atoms with Crippen molar-refractivity contribution in [3.8, 4) is 5.75 Å². The van der Waals surface area contributed by atoms with E-state index in [1.165, 1.54) is 5.56 Å². The highest BCUT2D eigenvalue weighted by molar-refractivity contribution is 5.92. The summed E-state index contributed by atoms with van der Waals surface area (Å²) in [5.74, 6) is 0.779. The van der Waals surface area contributed by atoms with Crippen LogP contribution in [0, 0.1) is 13.8 Å². The first-order chi connectivity index (χ1) is 14.5. The summed E-state index contributed by atoms with van der Waals surface area (Å²) in [7, 11) is 1.92. The summed E-state index contributed by atoms with van der Waals surface area (Å²) in [4.78, 5) is 17.0. The summed E-state index contributed by atoms with van der Waals surface area (Å²) in [5.41, 5.74) is 3.97. The van der Waals surface area contributed by atoms with E-state index in [-0.39, 0.29) is 12.6 Å². The maximum Gasteiger partial charge on any atom is 0.274 e. The molecular formula is C22H28N6O2. The van der Waals surface area contributed by atoms with Crippen LogP contribution in [0.1, 0.15) is 27.2 Å². The highest BCUT2D eigenvalue weighted by Gasteiger charge is 2.24. The second kappa shape index (κ2) is 8.71. The van der Waals surface area contributed by atoms with Gasteiger partial charge in [0.2, 0.25) is 0 Å². The topological polar surface area (TPSA) is 68.4 Å². The van der Waals surface area contributed by atoms with Crippen LogP contribution in [0.3, 0.4) is 0 Å². The van der Waals surface area contributed by atoms with Crippen molar-refractivity contribution < 1.29 is 9.53 Å². The average molecular weight is 409 g/mol. The van der Waals surface area contributed by atoms with Crippen molar-refractivity contribution in [3.63, 3.8) is 0 Å². The van der Waals surface area contributed by atoms with Gasteiger partial charge in [0.05, 0.1) is 6.20 Å². The van der Waals surface area contributed by atoms with E-state index in [1.54, 1.807) is 16.9 Å². The fraction of sp³-hybridized carbons (Fsp3) is 0.409. The van der Waals surface area contributed by atoms with E-state index >= 15 is 0 Å². The van der Waals surface area contributed by atoms with Crippen LogP contribution in [0.4, 0.5) is 0 Å². The second-order valence-electron chi connectivity index (χ2n) is 7.93. The third-order valence-corrected chi connectivity index (χ3v) is 5.24. The molecule has 1 aliphatic rings. The maximum atomic E-state index is 12.8. The normalized spacial score (nSPS) is 14.8. The minimum absolute atomic E-state index is 0.0267. The number of amides is 1. The summed E-state index contributed by atoms with van der Waals surface area (Å²) in [6.45, 7) is 8.31. The lowest BCUT2D eigenvalue weighted by Gasteiger charge is -2.34. The zero-order valence-corrected chi connectivity index (χ0v) is 17.8. The minimum Gasteiger partial charge on any atom is -0.471 e. The predicted octanol–water partition coefficient (Wildman–Crippen LogP) is 2.23. The van der Waals surface area contributed by atoms with E-state index in [4.69, 9.17) is 4.74 Å². The Balaban J connectivity index is 1.28. The van der Waals surface area contributed by atoms with Crippen molar-refractivity contribution in [3.05, 3.63) is 65.2 Å². The Morgan fingerprint density at radius 1 is 1.10 bits per heavy atom. The molecule has 8 nitrogen and oxygen atoms in total. The van der Waals surface area contributed by atoms with Crippen LogP contribution in [-0.2, 0) is 20.3 Å². The molecule has 158 valence electrons. The number of carbonyl (C=O) groups excluding carboxylic acids is 1. The number of carbonyl (C=O) groups is 1. The summed E-state index contributed by atoms with van der Waals surface area (Å²) < 4.78 is 9.30. The fourth-order valence-corrected chi connectivity index (χ4v) is 3.79. The predicted molar refractivity (Wildman–Crippen MR) is 113 cm³/mol. The van der Waals surface area contributed by atoms with E-state index in [0.29, 0.717) is 18.8 Å². The number of nitrogens with zero attached hydrogens (tertiary/aromatic N) is 6. The van der Waals surface area contributed by atoms with Crippen molar-refractivity contribution >= 4 is 5.91 Å². The van der Waals surface area contributed by atoms with Gasteiger partial charge in [-0.2, -0.15) is 10.2 Å². The van der Waals surface area contributed by atoms with Crippen LogP contribution in [0.5, 0.6) is 5.75 Å². The largest absolute Gasteiger partial charge is 0.471 e. The van der Waals surface area contributed by atoms with Crippen molar-refractivity contribution in [2.24, 2.45) is 7.05 Å². The minimum atomic E-state index is -0.0267. The summed E-state index contributed by atoms with van der Waals surface area (Å²) in [5, 5.41) is 8.63. The van der Waals surface area contributed by atoms with Gasteiger partial charge in [-0.3, -0.25) is 14.4 Å². The van der Waals surface area contributed by atoms with E-state index in [1.807, 2.05) is 55.0 Å². The molecule has 2 aromatic heterocycles. The lowest BCUT2D eigenvalue weighted by molar-refractivity contribution is 0.0621. The Labute approximate surface area is 176 Å². The molecule has 0 aliphatic carbocycles. The first kappa shape index (κ1) is 20.2. The zero-order valence-electron chi connectivity index (χ0n) is 17.8. The Hall–Kier alpha value is -3.13. The molecule has 4 rings (SSSR count). The van der Waals surface area contributed by atoms with Crippen LogP contribution >= 0.6 is 0 Å². The third-order valence-electron chi connectivity index (χ3n) is 5.24. The molecule has 1 fully saturated rings. The first-order valence-electron chi connectivity index (χ1n) is 10.2. The van der Waals surface area contributed by atoms with Gasteiger partial charge in [-0.1, -0.05) is 6.07 Å². The molecule has 0 bridgehead atoms. The van der Waals surface area contributed by atoms with Gasteiger partial charge in [0.15, 0.2) is 12.4 Å². The number of aryl methyl sites for hydroxylation is 3. The van der Waals surface area contributed by atoms with Crippen molar-refractivity contribution in [1.82, 2.24) is 29.4 Å². The van der Waals surface area contributed by atoms with Crippen molar-refractivity contribution in [2.75, 3.05) is 26.2 Å². The lowest BCUT2D eigenvalue weighted by Crippen LogP contribution is -2.48. The smallest absolute Gasteiger partial charge is 0.274 e. The van der Waals surface area contributed by atoms with Gasteiger partial charge in [0.1, 0.15) is 5.75 Å². The summed E-state index contributed by atoms with van der Waals surface area (Å²) in [6, 6.07) is 7.85. The number of piperazine rings is 1. The molecule has 30 heavy (non-hydrogen) atoms. The number of hydrogen-bond acceptors (Lipinski definition) is 5. The molecular weight excluding hydrogens is 380 g/mol. The molecule has 0 unspecified atom stereocenters. The van der Waals surface area contributed by atoms with Gasteiger partial charge in [-0.25, -0.2) is 4.68 Å². The maximum absolute atomic E-state index is 12.8. The Morgan fingerprint density at radius 2 is 1.83 bits per heavy atom. The molecule has 1 saturated heterocycles. The monoisotopic (exact) mass is 408 g/mol. The number of ether oxygens (including phenoxy) is 1. The molecule has 0 N–H and O–H groups in total. The molecule has 3 heterocycles. The summed E-state index contributed by atoms with van der Waals surface area (Å²) in [6.07, 6.45) is 5.71. The Bertz CT molecular complexity index is 996. The molecule has 0 saturated carbocycles. The molecule has 1 aromatic carbocycles. The molecule has 8 heteroatoms. The van der Waals surface area contributed by atoms with Gasteiger partial charge < -0.3 is 9.64 Å². The lowest BCUT2D eigenvalue weighted by atomic mass is 10.1. The van der Waals surface area contributed by atoms with Gasteiger partial charge in [-0.15, -0.1) is 0 Å². The van der Waals surface area contributed by atoms with Crippen LogP contribution in [0.2, 0.25) is 0 Å². The molecule has 3 aromatic rings. The quantitative estimate of drug-likeness (QED) is 0.626. The van der Waals surface area contributed by atoms with Crippen LogP contribution < -0.4 is 4.74 Å².